The Labute approximate surface area is 95.0 Å². The highest BCUT2D eigenvalue weighted by Gasteiger charge is 2.38. The average molecular weight is 220 g/mol. The Bertz CT molecular complexity index is 392. The number of methoxy groups -OCH3 is 1. The van der Waals surface area contributed by atoms with Crippen molar-refractivity contribution in [1.82, 2.24) is 10.3 Å². The van der Waals surface area contributed by atoms with Crippen molar-refractivity contribution in [2.24, 2.45) is 11.8 Å². The maximum absolute atomic E-state index is 11.6. The zero-order valence-corrected chi connectivity index (χ0v) is 9.56. The van der Waals surface area contributed by atoms with Gasteiger partial charge in [0.15, 0.2) is 0 Å². The summed E-state index contributed by atoms with van der Waals surface area (Å²) in [5, 5.41) is 2.91. The first-order valence-corrected chi connectivity index (χ1v) is 5.48. The number of hydrogen-bond donors (Lipinski definition) is 1. The number of amides is 1. The van der Waals surface area contributed by atoms with Gasteiger partial charge >= 0.3 is 0 Å². The average Bonchev–Trinajstić information content (AvgIpc) is 3.04. The molecule has 2 atom stereocenters. The predicted octanol–water partition coefficient (Wildman–Crippen LogP) is 1.36. The van der Waals surface area contributed by atoms with Crippen LogP contribution in [0.2, 0.25) is 0 Å². The van der Waals surface area contributed by atoms with E-state index in [-0.39, 0.29) is 11.8 Å². The van der Waals surface area contributed by atoms with Gasteiger partial charge < -0.3 is 10.1 Å². The molecule has 0 bridgehead atoms. The number of ether oxygens (including phenoxy) is 1. The molecule has 16 heavy (non-hydrogen) atoms. The Balaban J connectivity index is 1.91. The Morgan fingerprint density at radius 2 is 2.44 bits per heavy atom. The second kappa shape index (κ2) is 4.51. The second-order valence-electron chi connectivity index (χ2n) is 4.21. The van der Waals surface area contributed by atoms with Crippen molar-refractivity contribution in [3.8, 4) is 5.88 Å². The van der Waals surface area contributed by atoms with Gasteiger partial charge in [-0.05, 0) is 18.4 Å². The molecule has 1 N–H and O–H groups in total. The van der Waals surface area contributed by atoms with Gasteiger partial charge in [-0.15, -0.1) is 0 Å². The van der Waals surface area contributed by atoms with E-state index >= 15 is 0 Å². The second-order valence-corrected chi connectivity index (χ2v) is 4.21. The molecule has 4 nitrogen and oxygen atoms in total. The van der Waals surface area contributed by atoms with Crippen molar-refractivity contribution in [3.05, 3.63) is 23.9 Å². The summed E-state index contributed by atoms with van der Waals surface area (Å²) < 4.78 is 5.11. The summed E-state index contributed by atoms with van der Waals surface area (Å²) in [4.78, 5) is 15.7. The first kappa shape index (κ1) is 10.9. The fourth-order valence-corrected chi connectivity index (χ4v) is 1.74. The molecule has 1 fully saturated rings. The van der Waals surface area contributed by atoms with Crippen LogP contribution < -0.4 is 10.1 Å². The first-order chi connectivity index (χ1) is 7.72. The van der Waals surface area contributed by atoms with E-state index in [0.717, 1.165) is 12.0 Å². The molecule has 1 aliphatic carbocycles. The molecule has 1 aromatic heterocycles. The van der Waals surface area contributed by atoms with Gasteiger partial charge in [0.25, 0.3) is 0 Å². The summed E-state index contributed by atoms with van der Waals surface area (Å²) in [6, 6.07) is 3.74. The van der Waals surface area contributed by atoms with Crippen LogP contribution in [0.5, 0.6) is 5.88 Å². The molecule has 1 heterocycles. The number of aromatic nitrogens is 1. The minimum Gasteiger partial charge on any atom is -0.481 e. The van der Waals surface area contributed by atoms with Crippen LogP contribution in [0.3, 0.4) is 0 Å². The zero-order chi connectivity index (χ0) is 11.5. The van der Waals surface area contributed by atoms with E-state index < -0.39 is 0 Å². The quantitative estimate of drug-likeness (QED) is 0.833. The van der Waals surface area contributed by atoms with Crippen molar-refractivity contribution >= 4 is 5.91 Å². The smallest absolute Gasteiger partial charge is 0.223 e. The number of hydrogen-bond acceptors (Lipinski definition) is 3. The van der Waals surface area contributed by atoms with E-state index in [1.54, 1.807) is 13.3 Å². The van der Waals surface area contributed by atoms with Crippen LogP contribution in [-0.2, 0) is 11.3 Å². The lowest BCUT2D eigenvalue weighted by Gasteiger charge is -2.08. The molecule has 0 unspecified atom stereocenters. The Morgan fingerprint density at radius 3 is 3.06 bits per heavy atom. The normalized spacial score (nSPS) is 22.6. The summed E-state index contributed by atoms with van der Waals surface area (Å²) in [5.74, 6) is 1.46. The monoisotopic (exact) mass is 220 g/mol. The Morgan fingerprint density at radius 1 is 1.69 bits per heavy atom. The standard InChI is InChI=1S/C12H16N2O2/c1-8-6-10(8)11(15)14-7-9-4-3-5-13-12(9)16-2/h3-5,8,10H,6-7H2,1-2H3,(H,14,15)/t8-,10+/m0/s1. The van der Waals surface area contributed by atoms with E-state index in [1.807, 2.05) is 12.1 Å². The molecule has 0 spiro atoms. The van der Waals surface area contributed by atoms with E-state index in [0.29, 0.717) is 18.3 Å². The maximum Gasteiger partial charge on any atom is 0.223 e. The molecule has 2 rings (SSSR count). The van der Waals surface area contributed by atoms with E-state index in [9.17, 15) is 4.79 Å². The number of pyridine rings is 1. The summed E-state index contributed by atoms with van der Waals surface area (Å²) in [6.45, 7) is 2.58. The van der Waals surface area contributed by atoms with E-state index in [4.69, 9.17) is 4.74 Å². The molecule has 1 aliphatic rings. The first-order valence-electron chi connectivity index (χ1n) is 5.48. The van der Waals surface area contributed by atoms with Crippen LogP contribution >= 0.6 is 0 Å². The highest BCUT2D eigenvalue weighted by atomic mass is 16.5. The Hall–Kier alpha value is -1.58. The van der Waals surface area contributed by atoms with E-state index in [1.165, 1.54) is 0 Å². The third-order valence-corrected chi connectivity index (χ3v) is 2.94. The van der Waals surface area contributed by atoms with Gasteiger partial charge in [0.1, 0.15) is 0 Å². The van der Waals surface area contributed by atoms with Gasteiger partial charge in [-0.2, -0.15) is 0 Å². The lowest BCUT2D eigenvalue weighted by molar-refractivity contribution is -0.122. The molecular weight excluding hydrogens is 204 g/mol. The zero-order valence-electron chi connectivity index (χ0n) is 9.56. The van der Waals surface area contributed by atoms with Crippen LogP contribution in [0.1, 0.15) is 18.9 Å². The SMILES string of the molecule is COc1ncccc1CNC(=O)[C@@H]1C[C@@H]1C. The fourth-order valence-electron chi connectivity index (χ4n) is 1.74. The summed E-state index contributed by atoms with van der Waals surface area (Å²) in [7, 11) is 1.58. The number of rotatable bonds is 4. The summed E-state index contributed by atoms with van der Waals surface area (Å²) in [5.41, 5.74) is 0.909. The van der Waals surface area contributed by atoms with Gasteiger partial charge in [-0.3, -0.25) is 4.79 Å². The van der Waals surface area contributed by atoms with Crippen molar-refractivity contribution in [1.29, 1.82) is 0 Å². The number of carbonyl (C=O) groups excluding carboxylic acids is 1. The summed E-state index contributed by atoms with van der Waals surface area (Å²) in [6.07, 6.45) is 2.68. The highest BCUT2D eigenvalue weighted by molar-refractivity contribution is 5.81. The topological polar surface area (TPSA) is 51.2 Å². The predicted molar refractivity (Wildman–Crippen MR) is 59.9 cm³/mol. The van der Waals surface area contributed by atoms with Crippen LogP contribution in [0.25, 0.3) is 0 Å². The van der Waals surface area contributed by atoms with Crippen LogP contribution in [0.4, 0.5) is 0 Å². The van der Waals surface area contributed by atoms with Gasteiger partial charge in [0.2, 0.25) is 11.8 Å². The minimum absolute atomic E-state index is 0.137. The minimum atomic E-state index is 0.137. The lowest BCUT2D eigenvalue weighted by atomic mass is 10.2. The van der Waals surface area contributed by atoms with Gasteiger partial charge in [0.05, 0.1) is 7.11 Å². The third kappa shape index (κ3) is 2.32. The van der Waals surface area contributed by atoms with Crippen molar-refractivity contribution in [3.63, 3.8) is 0 Å². The van der Waals surface area contributed by atoms with Gasteiger partial charge in [-0.25, -0.2) is 4.98 Å². The van der Waals surface area contributed by atoms with Crippen molar-refractivity contribution in [2.45, 2.75) is 19.9 Å². The van der Waals surface area contributed by atoms with Crippen molar-refractivity contribution < 1.29 is 9.53 Å². The van der Waals surface area contributed by atoms with Crippen molar-refractivity contribution in [2.75, 3.05) is 7.11 Å². The Kier molecular flexibility index (Phi) is 3.08. The van der Waals surface area contributed by atoms with Gasteiger partial charge in [0, 0.05) is 24.2 Å². The molecule has 0 saturated heterocycles. The van der Waals surface area contributed by atoms with Gasteiger partial charge in [-0.1, -0.05) is 13.0 Å². The maximum atomic E-state index is 11.6. The van der Waals surface area contributed by atoms with Crippen LogP contribution in [0, 0.1) is 11.8 Å². The fraction of sp³-hybridized carbons (Fsp3) is 0.500. The van der Waals surface area contributed by atoms with Crippen LogP contribution in [-0.4, -0.2) is 18.0 Å². The molecule has 86 valence electrons. The molecule has 1 aromatic rings. The lowest BCUT2D eigenvalue weighted by Crippen LogP contribution is -2.25. The van der Waals surface area contributed by atoms with E-state index in [2.05, 4.69) is 17.2 Å². The van der Waals surface area contributed by atoms with Crippen LogP contribution in [0.15, 0.2) is 18.3 Å². The summed E-state index contributed by atoms with van der Waals surface area (Å²) >= 11 is 0. The molecule has 0 aromatic carbocycles. The molecule has 0 radical (unpaired) electrons. The number of nitrogens with zero attached hydrogens (tertiary/aromatic N) is 1. The number of nitrogens with one attached hydrogen (secondary N) is 1. The molecule has 1 saturated carbocycles. The number of carbonyl (C=O) groups is 1. The molecule has 0 aliphatic heterocycles. The highest BCUT2D eigenvalue weighted by Crippen LogP contribution is 2.37. The molecule has 4 heteroatoms. The third-order valence-electron chi connectivity index (χ3n) is 2.94. The molecular formula is C12H16N2O2. The largest absolute Gasteiger partial charge is 0.481 e. The molecule has 1 amide bonds.